The normalized spacial score (nSPS) is 14.7. The Morgan fingerprint density at radius 3 is 2.58 bits per heavy atom. The molecule has 138 valence electrons. The maximum Gasteiger partial charge on any atom is 0.373 e. The fraction of sp³-hybridized carbons (Fsp3) is 0.444. The number of anilines is 2. The molecule has 0 atom stereocenters. The molecule has 1 saturated carbocycles. The second kappa shape index (κ2) is 8.46. The van der Waals surface area contributed by atoms with Crippen molar-refractivity contribution in [1.82, 2.24) is 9.97 Å². The number of benzene rings is 1. The van der Waals surface area contributed by atoms with Crippen molar-refractivity contribution in [2.24, 2.45) is 0 Å². The Hall–Kier alpha value is -2.90. The van der Waals surface area contributed by atoms with Gasteiger partial charge in [-0.25, -0.2) is 4.98 Å². The van der Waals surface area contributed by atoms with Crippen molar-refractivity contribution in [1.29, 1.82) is 0 Å². The smallest absolute Gasteiger partial charge is 0.373 e. The van der Waals surface area contributed by atoms with Gasteiger partial charge in [0.05, 0.1) is 11.5 Å². The summed E-state index contributed by atoms with van der Waals surface area (Å²) in [4.78, 5) is 19.1. The van der Waals surface area contributed by atoms with Gasteiger partial charge in [-0.2, -0.15) is 4.98 Å². The number of nitrogens with zero attached hydrogens (tertiary/aromatic N) is 3. The molecule has 0 spiro atoms. The Kier molecular flexibility index (Phi) is 5.83. The van der Waals surface area contributed by atoms with E-state index in [1.807, 2.05) is 6.92 Å². The van der Waals surface area contributed by atoms with Crippen molar-refractivity contribution in [3.05, 3.63) is 40.7 Å². The first-order valence-corrected chi connectivity index (χ1v) is 8.83. The van der Waals surface area contributed by atoms with Gasteiger partial charge in [0.15, 0.2) is 0 Å². The summed E-state index contributed by atoms with van der Waals surface area (Å²) in [5, 5.41) is 14.6. The van der Waals surface area contributed by atoms with Crippen LogP contribution in [0.15, 0.2) is 30.6 Å². The Morgan fingerprint density at radius 1 is 1.19 bits per heavy atom. The highest BCUT2D eigenvalue weighted by molar-refractivity contribution is 5.68. The van der Waals surface area contributed by atoms with Crippen LogP contribution in [0.5, 0.6) is 11.6 Å². The second-order valence-corrected chi connectivity index (χ2v) is 6.09. The first kappa shape index (κ1) is 17.9. The van der Waals surface area contributed by atoms with Crippen molar-refractivity contribution < 1.29 is 14.4 Å². The summed E-state index contributed by atoms with van der Waals surface area (Å²) in [6, 6.07) is 7.13. The van der Waals surface area contributed by atoms with Crippen LogP contribution in [0.1, 0.15) is 39.0 Å². The van der Waals surface area contributed by atoms with E-state index in [0.717, 1.165) is 31.4 Å². The Bertz CT molecular complexity index is 745. The van der Waals surface area contributed by atoms with Gasteiger partial charge in [0.25, 0.3) is 5.88 Å². The lowest BCUT2D eigenvalue weighted by Crippen LogP contribution is -2.21. The van der Waals surface area contributed by atoms with Gasteiger partial charge < -0.3 is 14.8 Å². The largest absolute Gasteiger partial charge is 0.494 e. The molecule has 1 fully saturated rings. The van der Waals surface area contributed by atoms with Crippen LogP contribution >= 0.6 is 0 Å². The van der Waals surface area contributed by atoms with E-state index in [-0.39, 0.29) is 23.5 Å². The minimum absolute atomic E-state index is 0.0188. The fourth-order valence-electron chi connectivity index (χ4n) is 2.98. The van der Waals surface area contributed by atoms with Crippen molar-refractivity contribution in [2.45, 2.75) is 45.1 Å². The molecule has 1 N–H and O–H groups in total. The van der Waals surface area contributed by atoms with E-state index in [9.17, 15) is 10.1 Å². The quantitative estimate of drug-likeness (QED) is 0.583. The van der Waals surface area contributed by atoms with E-state index in [1.54, 1.807) is 24.3 Å². The highest BCUT2D eigenvalue weighted by Crippen LogP contribution is 2.35. The van der Waals surface area contributed by atoms with Gasteiger partial charge in [-0.05, 0) is 56.9 Å². The molecule has 0 saturated heterocycles. The predicted molar refractivity (Wildman–Crippen MR) is 97.1 cm³/mol. The van der Waals surface area contributed by atoms with Crippen LogP contribution in [0.2, 0.25) is 0 Å². The predicted octanol–water partition coefficient (Wildman–Crippen LogP) is 4.24. The van der Waals surface area contributed by atoms with Gasteiger partial charge >= 0.3 is 5.69 Å². The second-order valence-electron chi connectivity index (χ2n) is 6.09. The summed E-state index contributed by atoms with van der Waals surface area (Å²) in [5.74, 6) is 0.863. The Balaban J connectivity index is 1.81. The lowest BCUT2D eigenvalue weighted by Gasteiger charge is -2.22. The summed E-state index contributed by atoms with van der Waals surface area (Å²) in [6.07, 6.45) is 6.35. The molecule has 1 heterocycles. The number of nitrogens with one attached hydrogen (secondary N) is 1. The molecule has 26 heavy (non-hydrogen) atoms. The van der Waals surface area contributed by atoms with Gasteiger partial charge in [-0.3, -0.25) is 10.1 Å². The molecular formula is C18H22N4O4. The number of nitro groups is 1. The summed E-state index contributed by atoms with van der Waals surface area (Å²) >= 11 is 0. The van der Waals surface area contributed by atoms with Gasteiger partial charge in [0, 0.05) is 5.69 Å². The molecule has 0 aliphatic heterocycles. The molecular weight excluding hydrogens is 336 g/mol. The van der Waals surface area contributed by atoms with Crippen LogP contribution in [0.25, 0.3) is 0 Å². The molecule has 8 heteroatoms. The minimum atomic E-state index is -0.505. The van der Waals surface area contributed by atoms with E-state index in [0.29, 0.717) is 12.3 Å². The lowest BCUT2D eigenvalue weighted by atomic mass is 9.98. The minimum Gasteiger partial charge on any atom is -0.494 e. The molecule has 0 amide bonds. The summed E-state index contributed by atoms with van der Waals surface area (Å²) < 4.78 is 11.2. The molecule has 1 aliphatic carbocycles. The number of rotatable bonds is 7. The Labute approximate surface area is 151 Å². The molecule has 8 nitrogen and oxygen atoms in total. The van der Waals surface area contributed by atoms with Gasteiger partial charge in [-0.1, -0.05) is 6.42 Å². The Morgan fingerprint density at radius 2 is 1.92 bits per heavy atom. The van der Waals surface area contributed by atoms with E-state index < -0.39 is 4.92 Å². The first-order chi connectivity index (χ1) is 12.7. The van der Waals surface area contributed by atoms with Crippen molar-refractivity contribution in [2.75, 3.05) is 11.9 Å². The molecule has 1 aromatic heterocycles. The third kappa shape index (κ3) is 4.38. The zero-order valence-corrected chi connectivity index (χ0v) is 14.7. The average molecular weight is 358 g/mol. The van der Waals surface area contributed by atoms with Crippen LogP contribution in [0.4, 0.5) is 17.2 Å². The van der Waals surface area contributed by atoms with E-state index in [1.165, 1.54) is 12.7 Å². The number of hydrogen-bond acceptors (Lipinski definition) is 7. The van der Waals surface area contributed by atoms with Crippen LogP contribution in [0, 0.1) is 10.1 Å². The molecule has 1 aromatic carbocycles. The SMILES string of the molecule is CCOc1ccc(Nc2ncnc(OC3CCCCC3)c2[N+](=O)[O-])cc1. The van der Waals surface area contributed by atoms with E-state index in [4.69, 9.17) is 9.47 Å². The van der Waals surface area contributed by atoms with Crippen LogP contribution in [-0.2, 0) is 0 Å². The van der Waals surface area contributed by atoms with E-state index >= 15 is 0 Å². The lowest BCUT2D eigenvalue weighted by molar-refractivity contribution is -0.385. The monoisotopic (exact) mass is 358 g/mol. The maximum absolute atomic E-state index is 11.6. The third-order valence-corrected chi connectivity index (χ3v) is 4.23. The summed E-state index contributed by atoms with van der Waals surface area (Å²) in [6.45, 7) is 2.48. The van der Waals surface area contributed by atoms with E-state index in [2.05, 4.69) is 15.3 Å². The fourth-order valence-corrected chi connectivity index (χ4v) is 2.98. The standard InChI is InChI=1S/C18H22N4O4/c1-2-25-14-10-8-13(9-11-14)21-17-16(22(23)24)18(20-12-19-17)26-15-6-4-3-5-7-15/h8-12,15H,2-7H2,1H3,(H,19,20,21). The van der Waals surface area contributed by atoms with Crippen LogP contribution in [-0.4, -0.2) is 27.6 Å². The number of ether oxygens (including phenoxy) is 2. The van der Waals surface area contributed by atoms with Gasteiger partial charge in [0.1, 0.15) is 18.2 Å². The summed E-state index contributed by atoms with van der Waals surface area (Å²) in [7, 11) is 0. The van der Waals surface area contributed by atoms with Crippen molar-refractivity contribution >= 4 is 17.2 Å². The summed E-state index contributed by atoms with van der Waals surface area (Å²) in [5.41, 5.74) is 0.422. The van der Waals surface area contributed by atoms with Crippen molar-refractivity contribution in [3.8, 4) is 11.6 Å². The van der Waals surface area contributed by atoms with Crippen LogP contribution in [0.3, 0.4) is 0 Å². The number of hydrogen-bond donors (Lipinski definition) is 1. The topological polar surface area (TPSA) is 99.4 Å². The highest BCUT2D eigenvalue weighted by Gasteiger charge is 2.27. The first-order valence-electron chi connectivity index (χ1n) is 8.83. The molecule has 0 radical (unpaired) electrons. The average Bonchev–Trinajstić information content (AvgIpc) is 2.64. The zero-order valence-electron chi connectivity index (χ0n) is 14.7. The maximum atomic E-state index is 11.6. The van der Waals surface area contributed by atoms with Gasteiger partial charge in [-0.15, -0.1) is 0 Å². The van der Waals surface area contributed by atoms with Crippen molar-refractivity contribution in [3.63, 3.8) is 0 Å². The molecule has 2 aromatic rings. The molecule has 3 rings (SSSR count). The highest BCUT2D eigenvalue weighted by atomic mass is 16.6. The van der Waals surface area contributed by atoms with Crippen LogP contribution < -0.4 is 14.8 Å². The third-order valence-electron chi connectivity index (χ3n) is 4.23. The molecule has 0 unspecified atom stereocenters. The number of aromatic nitrogens is 2. The molecule has 0 bridgehead atoms. The zero-order chi connectivity index (χ0) is 18.4. The molecule has 1 aliphatic rings. The van der Waals surface area contributed by atoms with Gasteiger partial charge in [0.2, 0.25) is 5.82 Å².